The number of ketones is 1. The van der Waals surface area contributed by atoms with E-state index in [-0.39, 0.29) is 11.5 Å². The molecule has 0 bridgehead atoms. The van der Waals surface area contributed by atoms with Gasteiger partial charge in [-0.15, -0.1) is 0 Å². The summed E-state index contributed by atoms with van der Waals surface area (Å²) >= 11 is 0. The maximum Gasteiger partial charge on any atom is 0.142 e. The standard InChI is InChI=1S/C9H10O2S/c1-8(10)7-12(11)9-5-3-2-4-6-9/h2-6H,7H2,1H3/i8+1. The first-order valence-corrected chi connectivity index (χ1v) is 4.95. The third-order valence-corrected chi connectivity index (χ3v) is 2.81. The minimum atomic E-state index is -1.16. The number of Topliss-reactive ketones (excluding diaryl/α,β-unsaturated/α-hetero) is 1. The second kappa shape index (κ2) is 4.16. The smallest absolute Gasteiger partial charge is 0.142 e. The summed E-state index contributed by atoms with van der Waals surface area (Å²) in [6.45, 7) is 1.45. The van der Waals surface area contributed by atoms with Crippen molar-refractivity contribution >= 4 is 16.6 Å². The van der Waals surface area contributed by atoms with E-state index >= 15 is 0 Å². The monoisotopic (exact) mass is 183 g/mol. The summed E-state index contributed by atoms with van der Waals surface area (Å²) in [5, 5.41) is 0. The Morgan fingerprint density at radius 1 is 1.33 bits per heavy atom. The van der Waals surface area contributed by atoms with Crippen molar-refractivity contribution in [1.29, 1.82) is 0 Å². The molecule has 1 rings (SSSR count). The quantitative estimate of drug-likeness (QED) is 0.663. The zero-order valence-electron chi connectivity index (χ0n) is 6.82. The normalized spacial score (nSPS) is 12.4. The average Bonchev–Trinajstić information content (AvgIpc) is 2.05. The molecule has 0 aromatic heterocycles. The molecule has 2 nitrogen and oxygen atoms in total. The van der Waals surface area contributed by atoms with Gasteiger partial charge in [0.2, 0.25) is 0 Å². The Labute approximate surface area is 74.1 Å². The number of carbonyl (C=O) groups excluding carboxylic acids is 1. The van der Waals surface area contributed by atoms with Crippen LogP contribution in [0, 0.1) is 0 Å². The first-order chi connectivity index (χ1) is 5.70. The number of carbonyl (C=O) groups is 1. The molecule has 1 aromatic rings. The summed E-state index contributed by atoms with van der Waals surface area (Å²) < 4.78 is 11.3. The Morgan fingerprint density at radius 3 is 2.42 bits per heavy atom. The van der Waals surface area contributed by atoms with Gasteiger partial charge in [0.1, 0.15) is 5.78 Å². The second-order valence-electron chi connectivity index (χ2n) is 2.50. The lowest BCUT2D eigenvalue weighted by atomic mass is 10.4. The van der Waals surface area contributed by atoms with Gasteiger partial charge in [0, 0.05) is 4.90 Å². The molecular formula is C9H10O2S. The molecule has 0 aliphatic carbocycles. The van der Waals surface area contributed by atoms with Crippen molar-refractivity contribution in [3.8, 4) is 0 Å². The number of hydrogen-bond acceptors (Lipinski definition) is 2. The lowest BCUT2D eigenvalue weighted by Crippen LogP contribution is -2.05. The Morgan fingerprint density at radius 2 is 1.92 bits per heavy atom. The van der Waals surface area contributed by atoms with E-state index in [1.165, 1.54) is 6.92 Å². The molecule has 1 atom stereocenters. The maximum absolute atomic E-state index is 11.3. The average molecular weight is 183 g/mol. The first-order valence-electron chi connectivity index (χ1n) is 3.63. The Hall–Kier alpha value is -0.960. The maximum atomic E-state index is 11.3. The van der Waals surface area contributed by atoms with Crippen LogP contribution in [-0.4, -0.2) is 15.7 Å². The van der Waals surface area contributed by atoms with Crippen LogP contribution in [-0.2, 0) is 15.6 Å². The molecule has 0 spiro atoms. The van der Waals surface area contributed by atoms with Crippen LogP contribution >= 0.6 is 0 Å². The Balaban J connectivity index is 2.73. The van der Waals surface area contributed by atoms with Crippen molar-refractivity contribution in [2.75, 3.05) is 5.75 Å². The van der Waals surface area contributed by atoms with Crippen molar-refractivity contribution < 1.29 is 9.00 Å². The van der Waals surface area contributed by atoms with Gasteiger partial charge in [-0.05, 0) is 19.1 Å². The van der Waals surface area contributed by atoms with E-state index < -0.39 is 10.8 Å². The van der Waals surface area contributed by atoms with Gasteiger partial charge in [-0.1, -0.05) is 18.2 Å². The van der Waals surface area contributed by atoms with Gasteiger partial charge in [0.05, 0.1) is 16.6 Å². The molecule has 0 N–H and O–H groups in total. The van der Waals surface area contributed by atoms with E-state index in [0.29, 0.717) is 4.90 Å². The van der Waals surface area contributed by atoms with Gasteiger partial charge in [-0.3, -0.25) is 9.00 Å². The number of rotatable bonds is 3. The molecule has 1 unspecified atom stereocenters. The van der Waals surface area contributed by atoms with Crippen LogP contribution in [0.15, 0.2) is 35.2 Å². The molecule has 0 amide bonds. The minimum Gasteiger partial charge on any atom is -0.299 e. The van der Waals surface area contributed by atoms with E-state index in [9.17, 15) is 9.00 Å². The Bertz CT molecular complexity index is 293. The topological polar surface area (TPSA) is 34.1 Å². The molecule has 0 saturated carbocycles. The molecule has 0 fully saturated rings. The van der Waals surface area contributed by atoms with Crippen LogP contribution in [0.25, 0.3) is 0 Å². The second-order valence-corrected chi connectivity index (χ2v) is 3.96. The molecule has 0 radical (unpaired) electrons. The summed E-state index contributed by atoms with van der Waals surface area (Å²) in [4.78, 5) is 11.3. The zero-order valence-corrected chi connectivity index (χ0v) is 7.64. The van der Waals surface area contributed by atoms with Crippen LogP contribution in [0.5, 0.6) is 0 Å². The molecule has 64 valence electrons. The van der Waals surface area contributed by atoms with Crippen LogP contribution < -0.4 is 0 Å². The third-order valence-electron chi connectivity index (χ3n) is 1.34. The highest BCUT2D eigenvalue weighted by Gasteiger charge is 2.04. The highest BCUT2D eigenvalue weighted by atomic mass is 32.2. The summed E-state index contributed by atoms with van der Waals surface area (Å²) in [5.74, 6) is 0.0708. The van der Waals surface area contributed by atoms with Gasteiger partial charge in [-0.25, -0.2) is 0 Å². The predicted molar refractivity (Wildman–Crippen MR) is 48.4 cm³/mol. The van der Waals surface area contributed by atoms with Gasteiger partial charge in [0.15, 0.2) is 0 Å². The van der Waals surface area contributed by atoms with E-state index in [1.54, 1.807) is 12.1 Å². The van der Waals surface area contributed by atoms with E-state index in [0.717, 1.165) is 0 Å². The van der Waals surface area contributed by atoms with Crippen molar-refractivity contribution in [3.63, 3.8) is 0 Å². The highest BCUT2D eigenvalue weighted by Crippen LogP contribution is 2.04. The summed E-state index contributed by atoms with van der Waals surface area (Å²) in [7, 11) is -1.16. The summed E-state index contributed by atoms with van der Waals surface area (Å²) in [5.41, 5.74) is 0. The van der Waals surface area contributed by atoms with Crippen LogP contribution in [0.4, 0.5) is 0 Å². The largest absolute Gasteiger partial charge is 0.299 e. The van der Waals surface area contributed by atoms with Crippen molar-refractivity contribution in [2.24, 2.45) is 0 Å². The molecule has 0 heterocycles. The summed E-state index contributed by atoms with van der Waals surface area (Å²) in [6.07, 6.45) is 0. The molecule has 3 heteroatoms. The van der Waals surface area contributed by atoms with Gasteiger partial charge in [-0.2, -0.15) is 0 Å². The lowest BCUT2D eigenvalue weighted by Gasteiger charge is -1.97. The Kier molecular flexibility index (Phi) is 3.17. The zero-order chi connectivity index (χ0) is 8.97. The van der Waals surface area contributed by atoms with Crippen molar-refractivity contribution in [1.82, 2.24) is 0 Å². The number of hydrogen-bond donors (Lipinski definition) is 0. The van der Waals surface area contributed by atoms with Gasteiger partial charge < -0.3 is 0 Å². The van der Waals surface area contributed by atoms with Crippen LogP contribution in [0.1, 0.15) is 6.92 Å². The molecular weight excluding hydrogens is 173 g/mol. The van der Waals surface area contributed by atoms with Crippen molar-refractivity contribution in [3.05, 3.63) is 30.3 Å². The van der Waals surface area contributed by atoms with Gasteiger partial charge in [0.25, 0.3) is 0 Å². The van der Waals surface area contributed by atoms with E-state index in [4.69, 9.17) is 0 Å². The van der Waals surface area contributed by atoms with Gasteiger partial charge >= 0.3 is 0 Å². The number of benzene rings is 1. The summed E-state index contributed by atoms with van der Waals surface area (Å²) in [6, 6.07) is 9.01. The molecule has 1 aromatic carbocycles. The minimum absolute atomic E-state index is 0.0443. The molecule has 12 heavy (non-hydrogen) atoms. The van der Waals surface area contributed by atoms with E-state index in [2.05, 4.69) is 0 Å². The predicted octanol–water partition coefficient (Wildman–Crippen LogP) is 1.38. The van der Waals surface area contributed by atoms with E-state index in [1.807, 2.05) is 18.2 Å². The lowest BCUT2D eigenvalue weighted by molar-refractivity contribution is -0.114. The SMILES string of the molecule is C[13C](=O)CS(=O)c1ccccc1. The fraction of sp³-hybridized carbons (Fsp3) is 0.222. The fourth-order valence-corrected chi connectivity index (χ4v) is 1.84. The molecule has 0 saturated heterocycles. The highest BCUT2D eigenvalue weighted by molar-refractivity contribution is 7.85. The fourth-order valence-electron chi connectivity index (χ4n) is 0.840. The third kappa shape index (κ3) is 2.58. The molecule has 0 aliphatic rings. The van der Waals surface area contributed by atoms with Crippen LogP contribution in [0.2, 0.25) is 0 Å². The molecule has 0 aliphatic heterocycles. The van der Waals surface area contributed by atoms with Crippen LogP contribution in [0.3, 0.4) is 0 Å². The van der Waals surface area contributed by atoms with Crippen molar-refractivity contribution in [2.45, 2.75) is 11.8 Å². The first kappa shape index (κ1) is 9.13.